The summed E-state index contributed by atoms with van der Waals surface area (Å²) in [6.45, 7) is 4.17. The van der Waals surface area contributed by atoms with Crippen LogP contribution in [-0.2, 0) is 37.4 Å². The third kappa shape index (κ3) is 4.01. The Morgan fingerprint density at radius 1 is 1.13 bits per heavy atom. The molecule has 0 aromatic heterocycles. The highest BCUT2D eigenvalue weighted by molar-refractivity contribution is 7.86. The van der Waals surface area contributed by atoms with Crippen molar-refractivity contribution in [2.75, 3.05) is 6.26 Å². The van der Waals surface area contributed by atoms with Crippen LogP contribution in [-0.4, -0.2) is 29.2 Å². The molecule has 3 aliphatic carbocycles. The summed E-state index contributed by atoms with van der Waals surface area (Å²) in [5.74, 6) is 1.65. The number of aryl methyl sites for hydroxylation is 2. The maximum Gasteiger partial charge on any atom is 0.380 e. The molecule has 0 aliphatic heterocycles. The van der Waals surface area contributed by atoms with E-state index in [1.165, 1.54) is 5.56 Å². The number of nitrogens with two attached hydrogens (primary N) is 1. The highest BCUT2D eigenvalue weighted by Gasteiger charge is 2.56. The molecule has 1 aromatic carbocycles. The Labute approximate surface area is 179 Å². The van der Waals surface area contributed by atoms with Gasteiger partial charge in [-0.3, -0.25) is 4.18 Å². The van der Waals surface area contributed by atoms with Crippen molar-refractivity contribution in [3.8, 4) is 5.75 Å². The first-order chi connectivity index (χ1) is 13.9. The fraction of sp³-hybridized carbons (Fsp3) is 0.714. The van der Waals surface area contributed by atoms with Crippen LogP contribution < -0.4 is 9.32 Å². The van der Waals surface area contributed by atoms with Crippen molar-refractivity contribution >= 4 is 20.4 Å². The van der Waals surface area contributed by atoms with Gasteiger partial charge in [0.1, 0.15) is 5.75 Å². The SMILES string of the molecule is CCc1cc2c(cc1OS(N)(=O)=O)CC[C@@H]1[C@@H]2CC[C@]2(C)[C@@H](OS(C)(=O)=O)CC[C@@H]12. The molecule has 0 unspecified atom stereocenters. The van der Waals surface area contributed by atoms with Crippen molar-refractivity contribution in [2.45, 2.75) is 70.8 Å². The summed E-state index contributed by atoms with van der Waals surface area (Å²) in [6.07, 6.45) is 7.08. The minimum Gasteiger partial charge on any atom is -0.371 e. The molecule has 5 atom stereocenters. The quantitative estimate of drug-likeness (QED) is 0.680. The van der Waals surface area contributed by atoms with Crippen LogP contribution in [0.2, 0.25) is 0 Å². The Morgan fingerprint density at radius 2 is 1.87 bits per heavy atom. The predicted molar refractivity (Wildman–Crippen MR) is 114 cm³/mol. The Morgan fingerprint density at radius 3 is 2.50 bits per heavy atom. The lowest BCUT2D eigenvalue weighted by Gasteiger charge is -2.50. The molecule has 0 spiro atoms. The Balaban J connectivity index is 1.65. The summed E-state index contributed by atoms with van der Waals surface area (Å²) in [5, 5.41) is 5.10. The maximum absolute atomic E-state index is 11.8. The average molecular weight is 458 g/mol. The van der Waals surface area contributed by atoms with E-state index in [1.54, 1.807) is 0 Å². The Kier molecular flexibility index (Phi) is 5.48. The van der Waals surface area contributed by atoms with Gasteiger partial charge in [-0.05, 0) is 90.9 Å². The summed E-state index contributed by atoms with van der Waals surface area (Å²) in [4.78, 5) is 0. The van der Waals surface area contributed by atoms with Gasteiger partial charge < -0.3 is 4.18 Å². The second-order valence-corrected chi connectivity index (χ2v) is 12.2. The van der Waals surface area contributed by atoms with Gasteiger partial charge in [-0.15, -0.1) is 0 Å². The highest BCUT2D eigenvalue weighted by Crippen LogP contribution is 2.62. The van der Waals surface area contributed by atoms with Gasteiger partial charge in [-0.1, -0.05) is 19.9 Å². The molecule has 2 N–H and O–H groups in total. The van der Waals surface area contributed by atoms with Gasteiger partial charge in [0.25, 0.3) is 10.1 Å². The van der Waals surface area contributed by atoms with Crippen molar-refractivity contribution in [2.24, 2.45) is 22.4 Å². The first-order valence-electron chi connectivity index (χ1n) is 10.7. The second kappa shape index (κ2) is 7.46. The lowest BCUT2D eigenvalue weighted by molar-refractivity contribution is -0.00768. The summed E-state index contributed by atoms with van der Waals surface area (Å²) in [5.41, 5.74) is 3.16. The van der Waals surface area contributed by atoms with E-state index in [1.807, 2.05) is 13.0 Å². The standard InChI is InChI=1S/C21H31NO6S2/c1-4-13-11-17-14(12-19(13)27-30(22,25)26)5-6-16-15(17)9-10-21(2)18(16)7-8-20(21)28-29(3,23)24/h11-12,15-16,18,20H,4-10H2,1-3H3,(H2,22,25,26)/t15-,16+,18-,20-,21-/m0/s1. The molecule has 0 heterocycles. The average Bonchev–Trinajstić information content (AvgIpc) is 2.94. The molecule has 30 heavy (non-hydrogen) atoms. The summed E-state index contributed by atoms with van der Waals surface area (Å²) < 4.78 is 57.0. The molecule has 9 heteroatoms. The van der Waals surface area contributed by atoms with E-state index >= 15 is 0 Å². The lowest BCUT2D eigenvalue weighted by atomic mass is 9.55. The van der Waals surface area contributed by atoms with Gasteiger partial charge in [-0.2, -0.15) is 22.0 Å². The number of rotatable bonds is 5. The molecular formula is C21H31NO6S2. The third-order valence-corrected chi connectivity index (χ3v) is 8.69. The van der Waals surface area contributed by atoms with Crippen molar-refractivity contribution in [3.05, 3.63) is 28.8 Å². The van der Waals surface area contributed by atoms with Crippen LogP contribution in [0.1, 0.15) is 68.6 Å². The van der Waals surface area contributed by atoms with Gasteiger partial charge in [0.05, 0.1) is 12.4 Å². The van der Waals surface area contributed by atoms with Gasteiger partial charge in [0.2, 0.25) is 0 Å². The molecule has 0 amide bonds. The predicted octanol–water partition coefficient (Wildman–Crippen LogP) is 3.03. The van der Waals surface area contributed by atoms with Crippen LogP contribution >= 0.6 is 0 Å². The lowest BCUT2D eigenvalue weighted by Crippen LogP contribution is -2.45. The minimum atomic E-state index is -4.06. The van der Waals surface area contributed by atoms with E-state index in [2.05, 4.69) is 13.0 Å². The minimum absolute atomic E-state index is 0.119. The van der Waals surface area contributed by atoms with E-state index in [-0.39, 0.29) is 11.5 Å². The van der Waals surface area contributed by atoms with E-state index in [0.717, 1.165) is 55.9 Å². The summed E-state index contributed by atoms with van der Waals surface area (Å²) in [7, 11) is -7.54. The molecule has 0 saturated heterocycles. The molecule has 2 fully saturated rings. The third-order valence-electron chi connectivity index (χ3n) is 7.70. The van der Waals surface area contributed by atoms with Crippen molar-refractivity contribution in [3.63, 3.8) is 0 Å². The first-order valence-corrected chi connectivity index (χ1v) is 14.0. The van der Waals surface area contributed by atoms with E-state index in [9.17, 15) is 16.8 Å². The normalized spacial score (nSPS) is 33.5. The number of fused-ring (bicyclic) bond motifs is 5. The zero-order chi connectivity index (χ0) is 21.9. The fourth-order valence-electron chi connectivity index (χ4n) is 6.45. The van der Waals surface area contributed by atoms with Crippen molar-refractivity contribution in [1.29, 1.82) is 0 Å². The van der Waals surface area contributed by atoms with Gasteiger partial charge in [0.15, 0.2) is 0 Å². The zero-order valence-corrected chi connectivity index (χ0v) is 19.4. The van der Waals surface area contributed by atoms with E-state index in [4.69, 9.17) is 13.5 Å². The van der Waals surface area contributed by atoms with Crippen LogP contribution in [0.4, 0.5) is 0 Å². The Hall–Kier alpha value is -1.16. The topological polar surface area (TPSA) is 113 Å². The first kappa shape index (κ1) is 22.0. The maximum atomic E-state index is 11.8. The van der Waals surface area contributed by atoms with Crippen LogP contribution in [0.3, 0.4) is 0 Å². The Bertz CT molecular complexity index is 1050. The van der Waals surface area contributed by atoms with Crippen LogP contribution in [0.25, 0.3) is 0 Å². The largest absolute Gasteiger partial charge is 0.380 e. The van der Waals surface area contributed by atoms with Crippen LogP contribution in [0.15, 0.2) is 12.1 Å². The van der Waals surface area contributed by atoms with Gasteiger partial charge in [-0.25, -0.2) is 0 Å². The van der Waals surface area contributed by atoms with Crippen LogP contribution in [0.5, 0.6) is 5.75 Å². The summed E-state index contributed by atoms with van der Waals surface area (Å²) >= 11 is 0. The number of hydrogen-bond acceptors (Lipinski definition) is 6. The van der Waals surface area contributed by atoms with Crippen LogP contribution in [0, 0.1) is 17.3 Å². The van der Waals surface area contributed by atoms with Crippen molar-refractivity contribution in [1.82, 2.24) is 0 Å². The molecule has 2 saturated carbocycles. The van der Waals surface area contributed by atoms with E-state index in [0.29, 0.717) is 29.9 Å². The van der Waals surface area contributed by atoms with Gasteiger partial charge in [0, 0.05) is 0 Å². The monoisotopic (exact) mass is 457 g/mol. The molecule has 7 nitrogen and oxygen atoms in total. The zero-order valence-electron chi connectivity index (χ0n) is 17.8. The molecule has 4 rings (SSSR count). The molecule has 168 valence electrons. The van der Waals surface area contributed by atoms with E-state index < -0.39 is 20.4 Å². The van der Waals surface area contributed by atoms with Crippen molar-refractivity contribution < 1.29 is 25.2 Å². The number of hydrogen-bond donors (Lipinski definition) is 1. The van der Waals surface area contributed by atoms with Gasteiger partial charge >= 0.3 is 10.3 Å². The number of benzene rings is 1. The summed E-state index contributed by atoms with van der Waals surface area (Å²) in [6, 6.07) is 3.96. The second-order valence-electron chi connectivity index (χ2n) is 9.41. The molecule has 3 aliphatic rings. The molecule has 0 bridgehead atoms. The fourth-order valence-corrected chi connectivity index (χ4v) is 7.59. The molecule has 0 radical (unpaired) electrons. The smallest absolute Gasteiger partial charge is 0.371 e. The highest BCUT2D eigenvalue weighted by atomic mass is 32.2. The molecular weight excluding hydrogens is 426 g/mol. The molecule has 1 aromatic rings.